The number of barbiturate groups is 1. The number of nitrogens with zero attached hydrogens (tertiary/aromatic N) is 2. The molecular weight excluding hydrogens is 457 g/mol. The number of carbonyl (C=O) groups excluding carboxylic acids is 4. The van der Waals surface area contributed by atoms with Crippen molar-refractivity contribution in [3.05, 3.63) is 69.8 Å². The van der Waals surface area contributed by atoms with E-state index in [1.165, 1.54) is 31.4 Å². The van der Waals surface area contributed by atoms with Crippen LogP contribution in [0, 0.1) is 0 Å². The summed E-state index contributed by atoms with van der Waals surface area (Å²) in [5.74, 6) is -2.16. The summed E-state index contributed by atoms with van der Waals surface area (Å²) in [6.45, 7) is -0.0525. The van der Waals surface area contributed by atoms with E-state index in [-0.39, 0.29) is 27.9 Å². The third kappa shape index (κ3) is 3.74. The molecule has 1 N–H and O–H groups in total. The van der Waals surface area contributed by atoms with Crippen molar-refractivity contribution < 1.29 is 23.9 Å². The van der Waals surface area contributed by atoms with Gasteiger partial charge >= 0.3 is 12.0 Å². The Kier molecular flexibility index (Phi) is 5.73. The first-order valence-electron chi connectivity index (χ1n) is 9.32. The average Bonchev–Trinajstić information content (AvgIpc) is 3.11. The zero-order valence-electron chi connectivity index (χ0n) is 16.6. The maximum Gasteiger partial charge on any atom is 0.336 e. The fourth-order valence-electron chi connectivity index (χ4n) is 3.42. The minimum Gasteiger partial charge on any atom is -0.468 e. The molecule has 2 heterocycles. The van der Waals surface area contributed by atoms with Gasteiger partial charge in [-0.15, -0.1) is 0 Å². The van der Waals surface area contributed by atoms with Crippen molar-refractivity contribution in [3.8, 4) is 0 Å². The summed E-state index contributed by atoms with van der Waals surface area (Å²) in [6.07, 6.45) is 2.99. The minimum atomic E-state index is -0.936. The molecule has 0 radical (unpaired) electrons. The first-order chi connectivity index (χ1) is 15.3. The molecule has 4 rings (SSSR count). The highest BCUT2D eigenvalue weighted by molar-refractivity contribution is 6.46. The average molecular weight is 472 g/mol. The van der Waals surface area contributed by atoms with Gasteiger partial charge in [0.15, 0.2) is 0 Å². The van der Waals surface area contributed by atoms with E-state index in [1.807, 2.05) is 0 Å². The van der Waals surface area contributed by atoms with E-state index in [1.54, 1.807) is 35.0 Å². The number of esters is 1. The largest absolute Gasteiger partial charge is 0.468 e. The second-order valence-electron chi connectivity index (χ2n) is 6.84. The first kappa shape index (κ1) is 21.6. The van der Waals surface area contributed by atoms with Gasteiger partial charge in [0, 0.05) is 22.7 Å². The molecule has 0 saturated carbocycles. The topological polar surface area (TPSA) is 97.7 Å². The van der Waals surface area contributed by atoms with Crippen LogP contribution in [0.5, 0.6) is 0 Å². The monoisotopic (exact) mass is 471 g/mol. The van der Waals surface area contributed by atoms with Crippen molar-refractivity contribution in [2.75, 3.05) is 12.0 Å². The van der Waals surface area contributed by atoms with Crippen LogP contribution in [0.4, 0.5) is 10.5 Å². The predicted octanol–water partition coefficient (Wildman–Crippen LogP) is 3.79. The lowest BCUT2D eigenvalue weighted by Gasteiger charge is -2.27. The van der Waals surface area contributed by atoms with Crippen molar-refractivity contribution in [1.29, 1.82) is 0 Å². The SMILES string of the molecule is COC(=O)Cn1cc(C=C2C(=O)NC(=O)N(c3cccc(Cl)c3Cl)C2=O)c2ccccc21. The number of aromatic nitrogens is 1. The number of methoxy groups -OCH3 is 1. The molecule has 1 fully saturated rings. The number of imide groups is 2. The maximum absolute atomic E-state index is 13.2. The number of urea groups is 1. The third-order valence-electron chi connectivity index (χ3n) is 4.92. The molecule has 1 aliphatic heterocycles. The molecule has 0 spiro atoms. The molecule has 0 unspecified atom stereocenters. The van der Waals surface area contributed by atoms with Crippen LogP contribution in [-0.4, -0.2) is 35.5 Å². The highest BCUT2D eigenvalue weighted by atomic mass is 35.5. The molecule has 10 heteroatoms. The summed E-state index contributed by atoms with van der Waals surface area (Å²) in [7, 11) is 1.29. The van der Waals surface area contributed by atoms with Gasteiger partial charge in [0.1, 0.15) is 12.1 Å². The molecular formula is C22H15Cl2N3O5. The molecule has 0 bridgehead atoms. The number of fused-ring (bicyclic) bond motifs is 1. The van der Waals surface area contributed by atoms with Crippen LogP contribution in [0.1, 0.15) is 5.56 Å². The van der Waals surface area contributed by atoms with Gasteiger partial charge in [-0.3, -0.25) is 19.7 Å². The van der Waals surface area contributed by atoms with Gasteiger partial charge in [0.2, 0.25) is 0 Å². The van der Waals surface area contributed by atoms with Crippen molar-refractivity contribution in [3.63, 3.8) is 0 Å². The van der Waals surface area contributed by atoms with E-state index in [4.69, 9.17) is 27.9 Å². The number of carbonyl (C=O) groups is 4. The normalized spacial score (nSPS) is 15.4. The van der Waals surface area contributed by atoms with Crippen LogP contribution in [0.3, 0.4) is 0 Å². The van der Waals surface area contributed by atoms with Crippen molar-refractivity contribution in [2.45, 2.75) is 6.54 Å². The smallest absolute Gasteiger partial charge is 0.336 e. The van der Waals surface area contributed by atoms with Crippen LogP contribution in [0.15, 0.2) is 54.2 Å². The number of benzene rings is 2. The Balaban J connectivity index is 1.81. The number of halogens is 2. The first-order valence-corrected chi connectivity index (χ1v) is 10.1. The van der Waals surface area contributed by atoms with Crippen LogP contribution in [-0.2, 0) is 25.7 Å². The highest BCUT2D eigenvalue weighted by Gasteiger charge is 2.38. The number of anilines is 1. The number of hydrogen-bond acceptors (Lipinski definition) is 5. The zero-order valence-corrected chi connectivity index (χ0v) is 18.1. The van der Waals surface area contributed by atoms with E-state index in [0.717, 1.165) is 4.90 Å². The second-order valence-corrected chi connectivity index (χ2v) is 7.62. The number of para-hydroxylation sites is 1. The summed E-state index contributed by atoms with van der Waals surface area (Å²) < 4.78 is 6.38. The van der Waals surface area contributed by atoms with Crippen LogP contribution >= 0.6 is 23.2 Å². The quantitative estimate of drug-likeness (QED) is 0.354. The van der Waals surface area contributed by atoms with Gasteiger partial charge in [-0.2, -0.15) is 0 Å². The number of ether oxygens (including phenoxy) is 1. The Morgan fingerprint density at radius 1 is 1.09 bits per heavy atom. The fourth-order valence-corrected chi connectivity index (χ4v) is 3.80. The molecule has 3 aromatic rings. The standard InChI is InChI=1S/C22H15Cl2N3O5/c1-32-18(28)11-26-10-12(13-5-2-3-7-16(13)26)9-14-20(29)25-22(31)27(21(14)30)17-8-4-6-15(23)19(17)24/h2-10H,11H2,1H3,(H,25,29,31). The Labute approximate surface area is 191 Å². The second kappa shape index (κ2) is 8.49. The number of amides is 4. The number of hydrogen-bond donors (Lipinski definition) is 1. The number of rotatable bonds is 4. The molecule has 0 atom stereocenters. The van der Waals surface area contributed by atoms with Gasteiger partial charge in [-0.1, -0.05) is 47.5 Å². The lowest BCUT2D eigenvalue weighted by atomic mass is 10.1. The molecule has 0 aliphatic carbocycles. The van der Waals surface area contributed by atoms with E-state index in [9.17, 15) is 19.2 Å². The van der Waals surface area contributed by atoms with E-state index < -0.39 is 23.8 Å². The van der Waals surface area contributed by atoms with Crippen molar-refractivity contribution in [2.24, 2.45) is 0 Å². The molecule has 162 valence electrons. The highest BCUT2D eigenvalue weighted by Crippen LogP contribution is 2.34. The van der Waals surface area contributed by atoms with Gasteiger partial charge in [0.05, 0.1) is 22.8 Å². The Morgan fingerprint density at radius 2 is 1.84 bits per heavy atom. The summed E-state index contributed by atoms with van der Waals surface area (Å²) in [6, 6.07) is 10.7. The van der Waals surface area contributed by atoms with Gasteiger partial charge in [-0.25, -0.2) is 9.69 Å². The Bertz CT molecular complexity index is 1330. The van der Waals surface area contributed by atoms with Crippen LogP contribution in [0.2, 0.25) is 10.0 Å². The minimum absolute atomic E-state index is 0.000969. The van der Waals surface area contributed by atoms with Gasteiger partial charge in [0.25, 0.3) is 11.8 Å². The summed E-state index contributed by atoms with van der Waals surface area (Å²) in [5, 5.41) is 3.00. The zero-order chi connectivity index (χ0) is 23.0. The van der Waals surface area contributed by atoms with E-state index in [0.29, 0.717) is 16.5 Å². The van der Waals surface area contributed by atoms with Gasteiger partial charge in [-0.05, 0) is 24.3 Å². The number of nitrogens with one attached hydrogen (secondary N) is 1. The molecule has 32 heavy (non-hydrogen) atoms. The fraction of sp³-hybridized carbons (Fsp3) is 0.0909. The summed E-state index contributed by atoms with van der Waals surface area (Å²) in [5.41, 5.74) is 0.989. The van der Waals surface area contributed by atoms with E-state index >= 15 is 0 Å². The van der Waals surface area contributed by atoms with Crippen LogP contribution < -0.4 is 10.2 Å². The summed E-state index contributed by atoms with van der Waals surface area (Å²) in [4.78, 5) is 50.7. The Hall–Kier alpha value is -3.62. The van der Waals surface area contributed by atoms with Crippen molar-refractivity contribution in [1.82, 2.24) is 9.88 Å². The lowest BCUT2D eigenvalue weighted by molar-refractivity contribution is -0.141. The lowest BCUT2D eigenvalue weighted by Crippen LogP contribution is -2.54. The Morgan fingerprint density at radius 3 is 2.59 bits per heavy atom. The van der Waals surface area contributed by atoms with Gasteiger partial charge < -0.3 is 9.30 Å². The molecule has 1 saturated heterocycles. The molecule has 8 nitrogen and oxygen atoms in total. The predicted molar refractivity (Wildman–Crippen MR) is 119 cm³/mol. The maximum atomic E-state index is 13.2. The molecule has 4 amide bonds. The molecule has 2 aromatic carbocycles. The molecule has 1 aromatic heterocycles. The van der Waals surface area contributed by atoms with E-state index in [2.05, 4.69) is 5.32 Å². The molecule has 1 aliphatic rings. The van der Waals surface area contributed by atoms with Crippen molar-refractivity contribution >= 4 is 69.7 Å². The summed E-state index contributed by atoms with van der Waals surface area (Å²) >= 11 is 12.2. The van der Waals surface area contributed by atoms with Crippen LogP contribution in [0.25, 0.3) is 17.0 Å². The third-order valence-corrected chi connectivity index (χ3v) is 5.73.